The van der Waals surface area contributed by atoms with E-state index in [9.17, 15) is 0 Å². The average molecular weight is 188 g/mol. The zero-order chi connectivity index (χ0) is 10.1. The van der Waals surface area contributed by atoms with Crippen LogP contribution in [-0.4, -0.2) is 14.5 Å². The first-order valence-corrected chi connectivity index (χ1v) is 4.37. The quantitative estimate of drug-likeness (QED) is 0.735. The van der Waals surface area contributed by atoms with Crippen molar-refractivity contribution in [3.63, 3.8) is 0 Å². The molecule has 0 aromatic carbocycles. The highest BCUT2D eigenvalue weighted by molar-refractivity contribution is 5.68. The molecule has 4 heteroatoms. The van der Waals surface area contributed by atoms with Gasteiger partial charge in [0.2, 0.25) is 0 Å². The van der Waals surface area contributed by atoms with Crippen LogP contribution in [0.4, 0.5) is 5.69 Å². The Kier molecular flexibility index (Phi) is 1.96. The first kappa shape index (κ1) is 8.74. The highest BCUT2D eigenvalue weighted by atomic mass is 15.0. The maximum absolute atomic E-state index is 5.78. The van der Waals surface area contributed by atoms with E-state index in [-0.39, 0.29) is 0 Å². The topological polar surface area (TPSA) is 56.7 Å². The molecule has 0 fully saturated rings. The molecular formula is C10H12N4. The highest BCUT2D eigenvalue weighted by Gasteiger charge is 2.07. The Labute approximate surface area is 82.4 Å². The summed E-state index contributed by atoms with van der Waals surface area (Å²) in [7, 11) is 1.95. The minimum Gasteiger partial charge on any atom is -0.397 e. The molecule has 72 valence electrons. The second kappa shape index (κ2) is 3.14. The molecule has 2 N–H and O–H groups in total. The van der Waals surface area contributed by atoms with Crippen LogP contribution in [-0.2, 0) is 7.05 Å². The molecule has 0 atom stereocenters. The predicted molar refractivity (Wildman–Crippen MR) is 55.6 cm³/mol. The number of pyridine rings is 1. The minimum atomic E-state index is 0.712. The van der Waals surface area contributed by atoms with E-state index >= 15 is 0 Å². The molecule has 2 aromatic heterocycles. The van der Waals surface area contributed by atoms with Crippen molar-refractivity contribution in [2.75, 3.05) is 5.73 Å². The molecule has 0 saturated heterocycles. The molecule has 2 rings (SSSR count). The summed E-state index contributed by atoms with van der Waals surface area (Å²) in [4.78, 5) is 8.14. The van der Waals surface area contributed by atoms with Gasteiger partial charge in [0, 0.05) is 18.8 Å². The lowest BCUT2D eigenvalue weighted by molar-refractivity contribution is 0.919. The summed E-state index contributed by atoms with van der Waals surface area (Å²) in [5, 5.41) is 0. The number of hydrogen-bond donors (Lipinski definition) is 1. The van der Waals surface area contributed by atoms with Crippen molar-refractivity contribution in [1.29, 1.82) is 0 Å². The molecule has 0 aliphatic heterocycles. The summed E-state index contributed by atoms with van der Waals surface area (Å²) in [6, 6.07) is 0. The number of imidazole rings is 1. The van der Waals surface area contributed by atoms with Crippen LogP contribution in [0.15, 0.2) is 24.9 Å². The molecular weight excluding hydrogens is 176 g/mol. The monoisotopic (exact) mass is 188 g/mol. The first-order chi connectivity index (χ1) is 6.70. The maximum atomic E-state index is 5.78. The van der Waals surface area contributed by atoms with Crippen molar-refractivity contribution in [2.45, 2.75) is 6.92 Å². The van der Waals surface area contributed by atoms with Gasteiger partial charge in [0.05, 0.1) is 30.1 Å². The van der Waals surface area contributed by atoms with Gasteiger partial charge in [-0.25, -0.2) is 4.98 Å². The number of nitrogens with zero attached hydrogens (tertiary/aromatic N) is 3. The van der Waals surface area contributed by atoms with Gasteiger partial charge >= 0.3 is 0 Å². The summed E-state index contributed by atoms with van der Waals surface area (Å²) < 4.78 is 1.95. The van der Waals surface area contributed by atoms with Gasteiger partial charge in [-0.1, -0.05) is 0 Å². The Morgan fingerprint density at radius 3 is 2.64 bits per heavy atom. The van der Waals surface area contributed by atoms with E-state index in [1.165, 1.54) is 0 Å². The number of anilines is 1. The molecule has 0 spiro atoms. The Morgan fingerprint density at radius 2 is 2.00 bits per heavy atom. The van der Waals surface area contributed by atoms with Gasteiger partial charge in [0.1, 0.15) is 0 Å². The van der Waals surface area contributed by atoms with Gasteiger partial charge in [-0.05, 0) is 12.5 Å². The lowest BCUT2D eigenvalue weighted by Gasteiger charge is -2.07. The van der Waals surface area contributed by atoms with Gasteiger partial charge in [0.15, 0.2) is 0 Å². The van der Waals surface area contributed by atoms with Crippen molar-refractivity contribution in [1.82, 2.24) is 14.5 Å². The van der Waals surface area contributed by atoms with Crippen LogP contribution in [0.1, 0.15) is 5.56 Å². The summed E-state index contributed by atoms with van der Waals surface area (Å²) >= 11 is 0. The molecule has 0 unspecified atom stereocenters. The average Bonchev–Trinajstić information content (AvgIpc) is 2.57. The highest BCUT2D eigenvalue weighted by Crippen LogP contribution is 2.24. The third-order valence-electron chi connectivity index (χ3n) is 2.35. The van der Waals surface area contributed by atoms with E-state index in [2.05, 4.69) is 9.97 Å². The molecule has 0 bridgehead atoms. The van der Waals surface area contributed by atoms with Crippen LogP contribution in [0.3, 0.4) is 0 Å². The first-order valence-electron chi connectivity index (χ1n) is 4.37. The molecule has 4 nitrogen and oxygen atoms in total. The third kappa shape index (κ3) is 1.25. The summed E-state index contributed by atoms with van der Waals surface area (Å²) in [5.74, 6) is 0. The minimum absolute atomic E-state index is 0.712. The summed E-state index contributed by atoms with van der Waals surface area (Å²) in [6.07, 6.45) is 7.04. The third-order valence-corrected chi connectivity index (χ3v) is 2.35. The van der Waals surface area contributed by atoms with Crippen LogP contribution in [0.2, 0.25) is 0 Å². The molecule has 0 radical (unpaired) electrons. The van der Waals surface area contributed by atoms with E-state index in [1.807, 2.05) is 30.9 Å². The number of nitrogens with two attached hydrogens (primary N) is 1. The molecule has 14 heavy (non-hydrogen) atoms. The fourth-order valence-electron chi connectivity index (χ4n) is 1.42. The van der Waals surface area contributed by atoms with Crippen molar-refractivity contribution >= 4 is 5.69 Å². The summed E-state index contributed by atoms with van der Waals surface area (Å²) in [6.45, 7) is 1.99. The zero-order valence-corrected chi connectivity index (χ0v) is 8.23. The van der Waals surface area contributed by atoms with Crippen LogP contribution in [0.25, 0.3) is 11.3 Å². The zero-order valence-electron chi connectivity index (χ0n) is 8.23. The predicted octanol–water partition coefficient (Wildman–Crippen LogP) is 1.37. The van der Waals surface area contributed by atoms with E-state index in [1.54, 1.807) is 12.5 Å². The fraction of sp³-hybridized carbons (Fsp3) is 0.200. The molecule has 0 aliphatic carbocycles. The Hall–Kier alpha value is -1.84. The summed E-state index contributed by atoms with van der Waals surface area (Å²) in [5.41, 5.74) is 9.60. The lowest BCUT2D eigenvalue weighted by atomic mass is 10.1. The number of nitrogen functional groups attached to an aromatic ring is 1. The second-order valence-electron chi connectivity index (χ2n) is 3.29. The molecule has 0 amide bonds. The standard InChI is InChI=1S/C10H12N4/c1-7-8(3-12-4-9(7)11)10-5-13-6-14(10)2/h3-6H,11H2,1-2H3. The number of hydrogen-bond acceptors (Lipinski definition) is 3. The maximum Gasteiger partial charge on any atom is 0.0948 e. The van der Waals surface area contributed by atoms with E-state index in [0.29, 0.717) is 5.69 Å². The SMILES string of the molecule is Cc1c(N)cncc1-c1cncn1C. The van der Waals surface area contributed by atoms with Gasteiger partial charge in [-0.15, -0.1) is 0 Å². The van der Waals surface area contributed by atoms with Crippen molar-refractivity contribution in [3.05, 3.63) is 30.5 Å². The van der Waals surface area contributed by atoms with E-state index < -0.39 is 0 Å². The van der Waals surface area contributed by atoms with E-state index in [4.69, 9.17) is 5.73 Å². The van der Waals surface area contributed by atoms with Crippen molar-refractivity contribution in [3.8, 4) is 11.3 Å². The van der Waals surface area contributed by atoms with Gasteiger partial charge in [0.25, 0.3) is 0 Å². The normalized spacial score (nSPS) is 10.4. The van der Waals surface area contributed by atoms with Crippen LogP contribution >= 0.6 is 0 Å². The lowest BCUT2D eigenvalue weighted by Crippen LogP contribution is -1.97. The van der Waals surface area contributed by atoms with Crippen LogP contribution < -0.4 is 5.73 Å². The van der Waals surface area contributed by atoms with Crippen LogP contribution in [0, 0.1) is 6.92 Å². The number of aromatic nitrogens is 3. The van der Waals surface area contributed by atoms with E-state index in [0.717, 1.165) is 16.8 Å². The molecule has 2 aromatic rings. The second-order valence-corrected chi connectivity index (χ2v) is 3.29. The fourth-order valence-corrected chi connectivity index (χ4v) is 1.42. The van der Waals surface area contributed by atoms with Crippen molar-refractivity contribution < 1.29 is 0 Å². The Bertz CT molecular complexity index is 459. The van der Waals surface area contributed by atoms with Gasteiger partial charge < -0.3 is 10.3 Å². The smallest absolute Gasteiger partial charge is 0.0948 e. The molecule has 2 heterocycles. The van der Waals surface area contributed by atoms with Gasteiger partial charge in [-0.2, -0.15) is 0 Å². The van der Waals surface area contributed by atoms with Gasteiger partial charge in [-0.3, -0.25) is 4.98 Å². The molecule has 0 saturated carbocycles. The Morgan fingerprint density at radius 1 is 1.21 bits per heavy atom. The van der Waals surface area contributed by atoms with Crippen molar-refractivity contribution in [2.24, 2.45) is 7.05 Å². The number of rotatable bonds is 1. The van der Waals surface area contributed by atoms with Crippen LogP contribution in [0.5, 0.6) is 0 Å². The largest absolute Gasteiger partial charge is 0.397 e. The Balaban J connectivity index is 2.63. The molecule has 0 aliphatic rings. The number of aryl methyl sites for hydroxylation is 1.